The second kappa shape index (κ2) is 11.7. The van der Waals surface area contributed by atoms with E-state index in [1.807, 2.05) is 0 Å². The number of hydrogen-bond donors (Lipinski definition) is 6. The fraction of sp³-hybridized carbons (Fsp3) is 0.615. The highest BCUT2D eigenvalue weighted by Gasteiger charge is 2.25. The van der Waals surface area contributed by atoms with Crippen molar-refractivity contribution >= 4 is 17.9 Å². The quantitative estimate of drug-likeness (QED) is 0.289. The number of aromatic nitrogens is 2. The Kier molecular flexibility index (Phi) is 10.5. The zero-order chi connectivity index (χ0) is 20.3. The number of nitrogens with two attached hydrogens (primary N) is 2. The number of methoxy groups -OCH3 is 1. The second-order valence-corrected chi connectivity index (χ2v) is 5.10. The normalized spacial score (nSPS) is 13.6. The average Bonchev–Trinajstić information content (AvgIpc) is 2.98. The highest BCUT2D eigenvalue weighted by atomic mass is 16.5. The fourth-order valence-electron chi connectivity index (χ4n) is 1.48. The molecule has 3 amide bonds. The third kappa shape index (κ3) is 9.51. The summed E-state index contributed by atoms with van der Waals surface area (Å²) in [6.45, 7) is 2.65. The fourth-order valence-corrected chi connectivity index (χ4v) is 1.48. The summed E-state index contributed by atoms with van der Waals surface area (Å²) in [6.07, 6.45) is -1.25. The minimum absolute atomic E-state index is 0.0978. The van der Waals surface area contributed by atoms with Gasteiger partial charge in [-0.1, -0.05) is 5.16 Å². The summed E-state index contributed by atoms with van der Waals surface area (Å²) >= 11 is 0. The number of nitrogens with one attached hydrogen (secondary N) is 2. The zero-order valence-corrected chi connectivity index (χ0v) is 14.6. The van der Waals surface area contributed by atoms with E-state index in [-0.39, 0.29) is 30.8 Å². The standard InChI is InChI=1S/C11H19N5O6.C2H5NO/c1-5(17)8(10(18)19)15-11(20)13-3-7-14-9(16-22-7)6(12)4-21-2;1-2(3)4/h5-6,8,17H,3-4,12H2,1-2H3,(H,18,19)(H2,13,15,20);1H3,(H2,3,4). The molecule has 3 atom stereocenters. The number of urea groups is 1. The number of ether oxygens (including phenoxy) is 1. The van der Waals surface area contributed by atoms with Gasteiger partial charge in [0.25, 0.3) is 0 Å². The summed E-state index contributed by atoms with van der Waals surface area (Å²) in [5.41, 5.74) is 10.2. The molecule has 0 saturated heterocycles. The van der Waals surface area contributed by atoms with Gasteiger partial charge in [0, 0.05) is 14.0 Å². The summed E-state index contributed by atoms with van der Waals surface area (Å²) in [7, 11) is 1.48. The van der Waals surface area contributed by atoms with Crippen LogP contribution in [0.15, 0.2) is 4.52 Å². The number of carboxylic acids is 1. The van der Waals surface area contributed by atoms with Crippen molar-refractivity contribution < 1.29 is 33.9 Å². The Bertz CT molecular complexity index is 587. The van der Waals surface area contributed by atoms with Crippen LogP contribution in [0, 0.1) is 0 Å². The topological polar surface area (TPSA) is 216 Å². The Hall–Kier alpha value is -2.77. The number of aliphatic hydroxyl groups excluding tert-OH is 1. The largest absolute Gasteiger partial charge is 0.480 e. The maximum Gasteiger partial charge on any atom is 0.328 e. The van der Waals surface area contributed by atoms with Crippen molar-refractivity contribution in [3.8, 4) is 0 Å². The van der Waals surface area contributed by atoms with E-state index in [0.717, 1.165) is 0 Å². The molecular formula is C13H24N6O7. The smallest absolute Gasteiger partial charge is 0.328 e. The van der Waals surface area contributed by atoms with Gasteiger partial charge in [-0.05, 0) is 6.92 Å². The molecule has 13 nitrogen and oxygen atoms in total. The van der Waals surface area contributed by atoms with E-state index < -0.39 is 30.2 Å². The van der Waals surface area contributed by atoms with Gasteiger partial charge in [0.15, 0.2) is 11.9 Å². The molecule has 0 fully saturated rings. The summed E-state index contributed by atoms with van der Waals surface area (Å²) in [4.78, 5) is 35.6. The highest BCUT2D eigenvalue weighted by Crippen LogP contribution is 2.06. The lowest BCUT2D eigenvalue weighted by Crippen LogP contribution is -2.51. The van der Waals surface area contributed by atoms with E-state index in [0.29, 0.717) is 0 Å². The summed E-state index contributed by atoms with van der Waals surface area (Å²) in [5, 5.41) is 26.1. The molecule has 1 aromatic rings. The number of primary amides is 1. The highest BCUT2D eigenvalue weighted by molar-refractivity contribution is 5.82. The number of carbonyl (C=O) groups excluding carboxylic acids is 2. The second-order valence-electron chi connectivity index (χ2n) is 5.10. The van der Waals surface area contributed by atoms with Gasteiger partial charge >= 0.3 is 12.0 Å². The van der Waals surface area contributed by atoms with Crippen molar-refractivity contribution in [1.29, 1.82) is 0 Å². The first-order chi connectivity index (χ1) is 12.1. The van der Waals surface area contributed by atoms with Crippen LogP contribution in [0.5, 0.6) is 0 Å². The monoisotopic (exact) mass is 376 g/mol. The molecule has 0 aliphatic heterocycles. The molecule has 148 valence electrons. The van der Waals surface area contributed by atoms with Gasteiger partial charge in [-0.15, -0.1) is 0 Å². The molecule has 3 unspecified atom stereocenters. The van der Waals surface area contributed by atoms with E-state index in [4.69, 9.17) is 20.1 Å². The Morgan fingerprint density at radius 1 is 1.38 bits per heavy atom. The maximum absolute atomic E-state index is 11.5. The lowest BCUT2D eigenvalue weighted by Gasteiger charge is -2.16. The van der Waals surface area contributed by atoms with E-state index in [9.17, 15) is 19.5 Å². The lowest BCUT2D eigenvalue weighted by atomic mass is 10.2. The van der Waals surface area contributed by atoms with Gasteiger partial charge in [0.2, 0.25) is 11.8 Å². The molecule has 0 aliphatic carbocycles. The maximum atomic E-state index is 11.5. The Morgan fingerprint density at radius 2 is 1.96 bits per heavy atom. The number of amides is 3. The predicted octanol–water partition coefficient (Wildman–Crippen LogP) is -2.16. The predicted molar refractivity (Wildman–Crippen MR) is 86.4 cm³/mol. The number of rotatable bonds is 8. The first kappa shape index (κ1) is 23.2. The van der Waals surface area contributed by atoms with Gasteiger partial charge in [0.1, 0.15) is 0 Å². The average molecular weight is 376 g/mol. The minimum Gasteiger partial charge on any atom is -0.480 e. The van der Waals surface area contributed by atoms with Crippen LogP contribution in [0.1, 0.15) is 31.6 Å². The molecule has 0 aromatic carbocycles. The molecule has 0 radical (unpaired) electrons. The first-order valence-electron chi connectivity index (χ1n) is 7.36. The van der Waals surface area contributed by atoms with Crippen LogP contribution in [-0.2, 0) is 20.9 Å². The Balaban J connectivity index is 0.00000141. The van der Waals surface area contributed by atoms with Gasteiger partial charge in [-0.2, -0.15) is 4.98 Å². The molecular weight excluding hydrogens is 352 g/mol. The minimum atomic E-state index is -1.42. The molecule has 0 spiro atoms. The molecule has 1 rings (SSSR count). The van der Waals surface area contributed by atoms with Crippen LogP contribution in [0.2, 0.25) is 0 Å². The number of aliphatic hydroxyl groups is 1. The van der Waals surface area contributed by atoms with Crippen LogP contribution in [0.3, 0.4) is 0 Å². The lowest BCUT2D eigenvalue weighted by molar-refractivity contribution is -0.141. The number of nitrogens with zero attached hydrogens (tertiary/aromatic N) is 2. The molecule has 1 aromatic heterocycles. The molecule has 26 heavy (non-hydrogen) atoms. The summed E-state index contributed by atoms with van der Waals surface area (Å²) in [6, 6.07) is -2.77. The number of carbonyl (C=O) groups is 3. The van der Waals surface area contributed by atoms with Crippen LogP contribution < -0.4 is 22.1 Å². The third-order valence-electron chi connectivity index (χ3n) is 2.60. The summed E-state index contributed by atoms with van der Waals surface area (Å²) in [5.74, 6) is -1.36. The van der Waals surface area contributed by atoms with Gasteiger partial charge in [-0.25, -0.2) is 9.59 Å². The van der Waals surface area contributed by atoms with E-state index in [1.54, 1.807) is 0 Å². The van der Waals surface area contributed by atoms with Crippen molar-refractivity contribution in [2.75, 3.05) is 13.7 Å². The number of hydrogen-bond acceptors (Lipinski definition) is 9. The number of carboxylic acid groups (broad SMARTS) is 1. The molecule has 0 bridgehead atoms. The molecule has 1 heterocycles. The van der Waals surface area contributed by atoms with Crippen LogP contribution in [-0.4, -0.2) is 64.1 Å². The molecule has 8 N–H and O–H groups in total. The van der Waals surface area contributed by atoms with Gasteiger partial charge in [-0.3, -0.25) is 4.79 Å². The van der Waals surface area contributed by atoms with Crippen molar-refractivity contribution in [3.63, 3.8) is 0 Å². The van der Waals surface area contributed by atoms with Crippen molar-refractivity contribution in [1.82, 2.24) is 20.8 Å². The SMILES string of the molecule is CC(N)=O.COCC(N)c1noc(CNC(=O)NC(C(=O)O)C(C)O)n1. The molecule has 0 aliphatic rings. The summed E-state index contributed by atoms with van der Waals surface area (Å²) < 4.78 is 9.73. The van der Waals surface area contributed by atoms with Crippen LogP contribution >= 0.6 is 0 Å². The molecule has 0 saturated carbocycles. The van der Waals surface area contributed by atoms with Gasteiger partial charge in [0.05, 0.1) is 25.3 Å². The van der Waals surface area contributed by atoms with Crippen molar-refractivity contribution in [2.24, 2.45) is 11.5 Å². The Labute approximate surface area is 149 Å². The molecule has 13 heteroatoms. The van der Waals surface area contributed by atoms with E-state index in [1.165, 1.54) is 21.0 Å². The van der Waals surface area contributed by atoms with E-state index in [2.05, 4.69) is 26.5 Å². The van der Waals surface area contributed by atoms with Crippen molar-refractivity contribution in [3.05, 3.63) is 11.7 Å². The third-order valence-corrected chi connectivity index (χ3v) is 2.60. The Morgan fingerprint density at radius 3 is 2.42 bits per heavy atom. The van der Waals surface area contributed by atoms with Crippen LogP contribution in [0.4, 0.5) is 4.79 Å². The van der Waals surface area contributed by atoms with E-state index >= 15 is 0 Å². The zero-order valence-electron chi connectivity index (χ0n) is 14.6. The van der Waals surface area contributed by atoms with Gasteiger partial charge < -0.3 is 41.6 Å². The number of aliphatic carboxylic acids is 1. The van der Waals surface area contributed by atoms with Crippen LogP contribution in [0.25, 0.3) is 0 Å². The van der Waals surface area contributed by atoms with Crippen molar-refractivity contribution in [2.45, 2.75) is 38.6 Å². The first-order valence-corrected chi connectivity index (χ1v) is 7.36.